The van der Waals surface area contributed by atoms with Gasteiger partial charge in [0.15, 0.2) is 0 Å². The molecule has 6 heteroatoms. The normalized spacial score (nSPS) is 18.8. The van der Waals surface area contributed by atoms with E-state index < -0.39 is 5.82 Å². The Hall–Kier alpha value is -1.98. The minimum absolute atomic E-state index is 0.182. The summed E-state index contributed by atoms with van der Waals surface area (Å²) in [6, 6.07) is 2.53. The number of likely N-dealkylation sites (tertiary alicyclic amines) is 1. The molecule has 1 aliphatic heterocycles. The van der Waals surface area contributed by atoms with Crippen LogP contribution in [0.25, 0.3) is 0 Å². The average molecular weight is 252 g/mol. The number of esters is 1. The Morgan fingerprint density at radius 1 is 1.50 bits per heavy atom. The van der Waals surface area contributed by atoms with Crippen LogP contribution < -0.4 is 0 Å². The molecule has 5 nitrogen and oxygen atoms in total. The fourth-order valence-electron chi connectivity index (χ4n) is 1.97. The number of hydrogen-bond donors (Lipinski definition) is 0. The van der Waals surface area contributed by atoms with Crippen molar-refractivity contribution in [2.75, 3.05) is 20.2 Å². The Bertz CT molecular complexity index is 461. The number of halogens is 1. The molecule has 0 radical (unpaired) electrons. The van der Waals surface area contributed by atoms with Gasteiger partial charge in [-0.2, -0.15) is 0 Å². The number of rotatable bonds is 2. The largest absolute Gasteiger partial charge is 0.469 e. The van der Waals surface area contributed by atoms with Gasteiger partial charge in [0.05, 0.1) is 19.2 Å². The van der Waals surface area contributed by atoms with Crippen LogP contribution in [0, 0.1) is 11.7 Å². The molecule has 1 aromatic rings. The summed E-state index contributed by atoms with van der Waals surface area (Å²) in [4.78, 5) is 28.6. The van der Waals surface area contributed by atoms with Gasteiger partial charge in [-0.1, -0.05) is 0 Å². The van der Waals surface area contributed by atoms with E-state index in [0.717, 1.165) is 6.20 Å². The summed E-state index contributed by atoms with van der Waals surface area (Å²) in [5, 5.41) is 0. The fourth-order valence-corrected chi connectivity index (χ4v) is 1.97. The van der Waals surface area contributed by atoms with Gasteiger partial charge in [-0.15, -0.1) is 0 Å². The molecule has 2 heterocycles. The summed E-state index contributed by atoms with van der Waals surface area (Å²) in [7, 11) is 1.33. The third-order valence-corrected chi connectivity index (χ3v) is 2.96. The molecule has 96 valence electrons. The van der Waals surface area contributed by atoms with Crippen LogP contribution >= 0.6 is 0 Å². The molecule has 0 N–H and O–H groups in total. The quantitative estimate of drug-likeness (QED) is 0.732. The van der Waals surface area contributed by atoms with Crippen molar-refractivity contribution in [1.82, 2.24) is 9.88 Å². The smallest absolute Gasteiger partial charge is 0.310 e. The molecule has 1 aliphatic rings. The van der Waals surface area contributed by atoms with Crippen molar-refractivity contribution in [3.63, 3.8) is 0 Å². The van der Waals surface area contributed by atoms with Crippen LogP contribution in [-0.2, 0) is 9.53 Å². The van der Waals surface area contributed by atoms with Crippen LogP contribution in [0.1, 0.15) is 16.9 Å². The van der Waals surface area contributed by atoms with Gasteiger partial charge in [0.25, 0.3) is 5.91 Å². The predicted molar refractivity (Wildman–Crippen MR) is 60.2 cm³/mol. The van der Waals surface area contributed by atoms with Gasteiger partial charge in [-0.3, -0.25) is 9.59 Å². The number of nitrogens with zero attached hydrogens (tertiary/aromatic N) is 2. The van der Waals surface area contributed by atoms with E-state index in [1.54, 1.807) is 0 Å². The van der Waals surface area contributed by atoms with Crippen molar-refractivity contribution in [3.8, 4) is 0 Å². The van der Waals surface area contributed by atoms with Gasteiger partial charge in [0.2, 0.25) is 0 Å². The van der Waals surface area contributed by atoms with Crippen LogP contribution in [0.15, 0.2) is 18.3 Å². The lowest BCUT2D eigenvalue weighted by atomic mass is 10.1. The standard InChI is InChI=1S/C12H13FN2O3/c1-18-12(17)8-4-5-15(7-8)11(16)10-3-2-9(13)6-14-10/h2-3,6,8H,4-5,7H2,1H3. The SMILES string of the molecule is COC(=O)C1CCN(C(=O)c2ccc(F)cn2)C1. The molecule has 1 fully saturated rings. The van der Waals surface area contributed by atoms with Crippen LogP contribution in [-0.4, -0.2) is 42.0 Å². The molecule has 1 saturated heterocycles. The first-order chi connectivity index (χ1) is 8.61. The highest BCUT2D eigenvalue weighted by atomic mass is 19.1. The fraction of sp³-hybridized carbons (Fsp3) is 0.417. The summed E-state index contributed by atoms with van der Waals surface area (Å²) in [5.74, 6) is -1.36. The van der Waals surface area contributed by atoms with Crippen molar-refractivity contribution in [3.05, 3.63) is 29.8 Å². The van der Waals surface area contributed by atoms with E-state index in [1.165, 1.54) is 24.1 Å². The van der Waals surface area contributed by atoms with E-state index in [-0.39, 0.29) is 23.5 Å². The number of pyridine rings is 1. The number of ether oxygens (including phenoxy) is 1. The maximum atomic E-state index is 12.7. The minimum Gasteiger partial charge on any atom is -0.469 e. The number of carbonyl (C=O) groups is 2. The highest BCUT2D eigenvalue weighted by Gasteiger charge is 2.32. The molecule has 1 atom stereocenters. The summed E-state index contributed by atoms with van der Waals surface area (Å²) in [6.45, 7) is 0.808. The molecule has 0 saturated carbocycles. The molecular weight excluding hydrogens is 239 g/mol. The van der Waals surface area contributed by atoms with Crippen molar-refractivity contribution >= 4 is 11.9 Å². The van der Waals surface area contributed by atoms with Crippen molar-refractivity contribution in [1.29, 1.82) is 0 Å². The summed E-state index contributed by atoms with van der Waals surface area (Å²) in [5.41, 5.74) is 0.182. The van der Waals surface area contributed by atoms with Gasteiger partial charge in [-0.25, -0.2) is 9.37 Å². The third kappa shape index (κ3) is 2.47. The van der Waals surface area contributed by atoms with Crippen LogP contribution in [0.3, 0.4) is 0 Å². The second-order valence-corrected chi connectivity index (χ2v) is 4.12. The maximum Gasteiger partial charge on any atom is 0.310 e. The number of hydrogen-bond acceptors (Lipinski definition) is 4. The van der Waals surface area contributed by atoms with E-state index in [9.17, 15) is 14.0 Å². The zero-order chi connectivity index (χ0) is 13.1. The first kappa shape index (κ1) is 12.5. The molecule has 0 bridgehead atoms. The van der Waals surface area contributed by atoms with Crippen LogP contribution in [0.2, 0.25) is 0 Å². The summed E-state index contributed by atoms with van der Waals surface area (Å²) in [6.07, 6.45) is 1.58. The zero-order valence-corrected chi connectivity index (χ0v) is 9.93. The van der Waals surface area contributed by atoms with Crippen molar-refractivity contribution in [2.24, 2.45) is 5.92 Å². The van der Waals surface area contributed by atoms with Gasteiger partial charge in [-0.05, 0) is 18.6 Å². The molecule has 2 rings (SSSR count). The molecule has 1 aromatic heterocycles. The highest BCUT2D eigenvalue weighted by Crippen LogP contribution is 2.19. The molecule has 1 amide bonds. The van der Waals surface area contributed by atoms with Crippen LogP contribution in [0.4, 0.5) is 4.39 Å². The number of aromatic nitrogens is 1. The van der Waals surface area contributed by atoms with Gasteiger partial charge < -0.3 is 9.64 Å². The lowest BCUT2D eigenvalue weighted by Crippen LogP contribution is -2.30. The van der Waals surface area contributed by atoms with Crippen molar-refractivity contribution < 1.29 is 18.7 Å². The Morgan fingerprint density at radius 3 is 2.89 bits per heavy atom. The summed E-state index contributed by atoms with van der Waals surface area (Å²) < 4.78 is 17.3. The first-order valence-corrected chi connectivity index (χ1v) is 5.60. The Kier molecular flexibility index (Phi) is 3.55. The van der Waals surface area contributed by atoms with Gasteiger partial charge >= 0.3 is 5.97 Å². The Morgan fingerprint density at radius 2 is 2.28 bits per heavy atom. The number of carbonyl (C=O) groups excluding carboxylic acids is 2. The lowest BCUT2D eigenvalue weighted by Gasteiger charge is -2.15. The number of amides is 1. The molecular formula is C12H13FN2O3. The maximum absolute atomic E-state index is 12.7. The van der Waals surface area contributed by atoms with E-state index >= 15 is 0 Å². The topological polar surface area (TPSA) is 59.5 Å². The van der Waals surface area contributed by atoms with E-state index in [2.05, 4.69) is 9.72 Å². The minimum atomic E-state index is -0.486. The average Bonchev–Trinajstić information content (AvgIpc) is 2.87. The Balaban J connectivity index is 2.03. The molecule has 1 unspecified atom stereocenters. The highest BCUT2D eigenvalue weighted by molar-refractivity contribution is 5.93. The summed E-state index contributed by atoms with van der Waals surface area (Å²) >= 11 is 0. The molecule has 0 spiro atoms. The first-order valence-electron chi connectivity index (χ1n) is 5.60. The number of methoxy groups -OCH3 is 1. The van der Waals surface area contributed by atoms with E-state index in [4.69, 9.17) is 0 Å². The third-order valence-electron chi connectivity index (χ3n) is 2.96. The lowest BCUT2D eigenvalue weighted by molar-refractivity contribution is -0.144. The van der Waals surface area contributed by atoms with Gasteiger partial charge in [0, 0.05) is 13.1 Å². The zero-order valence-electron chi connectivity index (χ0n) is 9.93. The van der Waals surface area contributed by atoms with E-state index in [0.29, 0.717) is 19.5 Å². The van der Waals surface area contributed by atoms with Crippen molar-refractivity contribution in [2.45, 2.75) is 6.42 Å². The Labute approximate surface area is 104 Å². The monoisotopic (exact) mass is 252 g/mol. The molecule has 18 heavy (non-hydrogen) atoms. The predicted octanol–water partition coefficient (Wildman–Crippen LogP) is 0.856. The van der Waals surface area contributed by atoms with Crippen LogP contribution in [0.5, 0.6) is 0 Å². The second kappa shape index (κ2) is 5.12. The molecule has 0 aromatic carbocycles. The molecule has 0 aliphatic carbocycles. The van der Waals surface area contributed by atoms with E-state index in [1.807, 2.05) is 0 Å². The van der Waals surface area contributed by atoms with Gasteiger partial charge in [0.1, 0.15) is 11.5 Å². The second-order valence-electron chi connectivity index (χ2n) is 4.12.